The van der Waals surface area contributed by atoms with Gasteiger partial charge >= 0.3 is 19.8 Å². The highest BCUT2D eigenvalue weighted by Gasteiger charge is 2.26. The molecule has 0 fully saturated rings. The van der Waals surface area contributed by atoms with Gasteiger partial charge in [0.05, 0.1) is 13.2 Å². The second-order valence-corrected chi connectivity index (χ2v) is 19.5. The summed E-state index contributed by atoms with van der Waals surface area (Å²) < 4.78 is 33.0. The summed E-state index contributed by atoms with van der Waals surface area (Å²) in [5.74, 6) is -0.855. The van der Waals surface area contributed by atoms with E-state index in [2.05, 4.69) is 111 Å². The molecule has 0 aromatic carbocycles. The molecule has 0 aromatic heterocycles. The number of phosphoric ester groups is 1. The number of phosphoric acid groups is 1. The van der Waals surface area contributed by atoms with E-state index in [1.165, 1.54) is 103 Å². The van der Waals surface area contributed by atoms with Crippen LogP contribution in [0.15, 0.2) is 97.2 Å². The van der Waals surface area contributed by atoms with E-state index in [0.29, 0.717) is 6.42 Å². The average molecular weight is 984 g/mol. The molecular weight excluding hydrogens is 882 g/mol. The SMILES string of the molecule is CC/C=C\C/C=C\C/C=C\C/C=C\C/C=C\CCCCCCCC(=O)OC(COC(=O)CCCCCCCCCCCCCC/C=C\C/C=C\C/C=C\CCCCCCC)COP(=O)(O)OCCN. The van der Waals surface area contributed by atoms with E-state index in [1.54, 1.807) is 0 Å². The number of rotatable bonds is 51. The Morgan fingerprint density at radius 1 is 0.449 bits per heavy atom. The molecule has 9 nitrogen and oxygen atoms in total. The summed E-state index contributed by atoms with van der Waals surface area (Å²) in [6.07, 6.45) is 71.6. The Morgan fingerprint density at radius 3 is 1.19 bits per heavy atom. The highest BCUT2D eigenvalue weighted by atomic mass is 31.2. The molecule has 0 aromatic rings. The normalized spacial score (nSPS) is 13.9. The zero-order chi connectivity index (χ0) is 50.2. The van der Waals surface area contributed by atoms with E-state index in [4.69, 9.17) is 24.3 Å². The van der Waals surface area contributed by atoms with E-state index in [9.17, 15) is 19.0 Å². The van der Waals surface area contributed by atoms with E-state index in [1.807, 2.05) is 0 Å². The number of ether oxygens (including phenoxy) is 2. The highest BCUT2D eigenvalue weighted by molar-refractivity contribution is 7.47. The van der Waals surface area contributed by atoms with Crippen LogP contribution in [0.25, 0.3) is 0 Å². The average Bonchev–Trinajstić information content (AvgIpc) is 3.34. The van der Waals surface area contributed by atoms with Crippen LogP contribution in [0, 0.1) is 0 Å². The van der Waals surface area contributed by atoms with Crippen LogP contribution in [0.5, 0.6) is 0 Å². The van der Waals surface area contributed by atoms with Gasteiger partial charge in [-0.25, -0.2) is 4.57 Å². The minimum Gasteiger partial charge on any atom is -0.462 e. The van der Waals surface area contributed by atoms with Crippen LogP contribution in [0.2, 0.25) is 0 Å². The maximum Gasteiger partial charge on any atom is 0.472 e. The molecule has 0 bridgehead atoms. The molecule has 0 amide bonds. The van der Waals surface area contributed by atoms with Gasteiger partial charge < -0.3 is 20.1 Å². The lowest BCUT2D eigenvalue weighted by molar-refractivity contribution is -0.161. The topological polar surface area (TPSA) is 134 Å². The zero-order valence-electron chi connectivity index (χ0n) is 44.0. The van der Waals surface area contributed by atoms with Crippen LogP contribution < -0.4 is 5.73 Å². The number of carbonyl (C=O) groups excluding carboxylic acids is 2. The molecular formula is C59H102NO8P. The summed E-state index contributed by atoms with van der Waals surface area (Å²) in [7, 11) is -4.40. The van der Waals surface area contributed by atoms with Crippen LogP contribution in [0.1, 0.15) is 232 Å². The minimum atomic E-state index is -4.40. The molecule has 10 heteroatoms. The van der Waals surface area contributed by atoms with Gasteiger partial charge in [-0.1, -0.05) is 220 Å². The third-order valence-electron chi connectivity index (χ3n) is 11.5. The molecule has 0 radical (unpaired) electrons. The Bertz CT molecular complexity index is 1450. The predicted octanol–water partition coefficient (Wildman–Crippen LogP) is 17.3. The molecule has 0 saturated heterocycles. The van der Waals surface area contributed by atoms with Gasteiger partial charge in [-0.3, -0.25) is 18.6 Å². The zero-order valence-corrected chi connectivity index (χ0v) is 44.9. The monoisotopic (exact) mass is 984 g/mol. The third-order valence-corrected chi connectivity index (χ3v) is 12.4. The van der Waals surface area contributed by atoms with Gasteiger partial charge in [0.15, 0.2) is 6.10 Å². The number of hydrogen-bond donors (Lipinski definition) is 2. The summed E-state index contributed by atoms with van der Waals surface area (Å²) in [5, 5.41) is 0. The summed E-state index contributed by atoms with van der Waals surface area (Å²) in [5.41, 5.74) is 5.37. The molecule has 0 aliphatic carbocycles. The quantitative estimate of drug-likeness (QED) is 0.0264. The van der Waals surface area contributed by atoms with E-state index >= 15 is 0 Å². The Morgan fingerprint density at radius 2 is 0.797 bits per heavy atom. The fourth-order valence-electron chi connectivity index (χ4n) is 7.37. The van der Waals surface area contributed by atoms with Crippen LogP contribution in [-0.2, 0) is 32.7 Å². The number of allylic oxidation sites excluding steroid dienone is 16. The number of hydrogen-bond acceptors (Lipinski definition) is 8. The second kappa shape index (κ2) is 54.3. The first-order valence-electron chi connectivity index (χ1n) is 27.7. The predicted molar refractivity (Wildman–Crippen MR) is 293 cm³/mol. The number of esters is 2. The smallest absolute Gasteiger partial charge is 0.462 e. The molecule has 0 aliphatic heterocycles. The van der Waals surface area contributed by atoms with Crippen molar-refractivity contribution in [3.8, 4) is 0 Å². The maximum absolute atomic E-state index is 12.7. The van der Waals surface area contributed by atoms with Crippen molar-refractivity contribution in [2.24, 2.45) is 5.73 Å². The van der Waals surface area contributed by atoms with Crippen LogP contribution in [0.4, 0.5) is 0 Å². The lowest BCUT2D eigenvalue weighted by atomic mass is 10.0. The van der Waals surface area contributed by atoms with Gasteiger partial charge in [-0.05, 0) is 96.3 Å². The van der Waals surface area contributed by atoms with Crippen LogP contribution in [0.3, 0.4) is 0 Å². The third kappa shape index (κ3) is 54.1. The Hall–Kier alpha value is -3.07. The summed E-state index contributed by atoms with van der Waals surface area (Å²) in [6, 6.07) is 0. The number of carbonyl (C=O) groups is 2. The Balaban J connectivity index is 4.05. The molecule has 0 aliphatic rings. The van der Waals surface area contributed by atoms with Crippen molar-refractivity contribution in [2.45, 2.75) is 238 Å². The molecule has 2 atom stereocenters. The summed E-state index contributed by atoms with van der Waals surface area (Å²) >= 11 is 0. The second-order valence-electron chi connectivity index (χ2n) is 18.1. The molecule has 0 saturated carbocycles. The van der Waals surface area contributed by atoms with E-state index in [0.717, 1.165) is 96.3 Å². The van der Waals surface area contributed by atoms with Crippen LogP contribution >= 0.6 is 7.82 Å². The Kier molecular flexibility index (Phi) is 51.9. The van der Waals surface area contributed by atoms with Gasteiger partial charge in [-0.2, -0.15) is 0 Å². The van der Waals surface area contributed by atoms with Crippen LogP contribution in [-0.4, -0.2) is 49.3 Å². The van der Waals surface area contributed by atoms with Crippen molar-refractivity contribution in [1.82, 2.24) is 0 Å². The first-order chi connectivity index (χ1) is 33.8. The largest absolute Gasteiger partial charge is 0.472 e. The first-order valence-corrected chi connectivity index (χ1v) is 29.2. The van der Waals surface area contributed by atoms with Crippen molar-refractivity contribution in [1.29, 1.82) is 0 Å². The first kappa shape index (κ1) is 65.9. The lowest BCUT2D eigenvalue weighted by Crippen LogP contribution is -2.29. The lowest BCUT2D eigenvalue weighted by Gasteiger charge is -2.19. The summed E-state index contributed by atoms with van der Waals surface area (Å²) in [4.78, 5) is 35.1. The summed E-state index contributed by atoms with van der Waals surface area (Å²) in [6.45, 7) is 3.59. The van der Waals surface area contributed by atoms with E-state index in [-0.39, 0.29) is 32.6 Å². The Labute approximate surface area is 423 Å². The maximum atomic E-state index is 12.7. The van der Waals surface area contributed by atoms with Gasteiger partial charge in [0.25, 0.3) is 0 Å². The van der Waals surface area contributed by atoms with Gasteiger partial charge in [0.2, 0.25) is 0 Å². The van der Waals surface area contributed by atoms with Crippen molar-refractivity contribution < 1.29 is 37.6 Å². The van der Waals surface area contributed by atoms with Gasteiger partial charge in [0, 0.05) is 19.4 Å². The van der Waals surface area contributed by atoms with Crippen molar-refractivity contribution in [3.63, 3.8) is 0 Å². The fraction of sp³-hybridized carbons (Fsp3) is 0.695. The molecule has 396 valence electrons. The van der Waals surface area contributed by atoms with Crippen molar-refractivity contribution >= 4 is 19.8 Å². The van der Waals surface area contributed by atoms with Crippen molar-refractivity contribution in [3.05, 3.63) is 97.2 Å². The number of nitrogens with two attached hydrogens (primary N) is 1. The fourth-order valence-corrected chi connectivity index (χ4v) is 8.14. The highest BCUT2D eigenvalue weighted by Crippen LogP contribution is 2.43. The molecule has 2 unspecified atom stereocenters. The van der Waals surface area contributed by atoms with E-state index < -0.39 is 32.5 Å². The van der Waals surface area contributed by atoms with Gasteiger partial charge in [0.1, 0.15) is 6.61 Å². The molecule has 0 heterocycles. The molecule has 0 rings (SSSR count). The standard InChI is InChI=1S/C59H102NO8P/c1-3-5-7-9-11-13-15-17-19-21-23-25-26-27-28-29-30-32-33-35-37-39-41-43-45-47-49-51-58(61)65-55-57(56-67-69(63,64)66-54-53-60)68-59(62)52-50-48-46-44-42-40-38-36-34-31-24-22-20-18-16-14-12-10-8-6-4-2/h6,8,12,14-15,17-18,20-21,23-24,26-27,31,36,38,57H,3-5,7,9-11,13,16,19,22,25,28-30,32-35,37,39-56,60H2,1-2H3,(H,63,64)/b8-6-,14-12-,17-15-,20-18-,23-21-,27-26-,31-24-,38-36-. The molecule has 0 spiro atoms. The van der Waals surface area contributed by atoms with Crippen molar-refractivity contribution in [2.75, 3.05) is 26.4 Å². The molecule has 3 N–H and O–H groups in total. The van der Waals surface area contributed by atoms with Gasteiger partial charge in [-0.15, -0.1) is 0 Å². The minimum absolute atomic E-state index is 0.0448. The molecule has 69 heavy (non-hydrogen) atoms. The number of unbranched alkanes of at least 4 members (excludes halogenated alkanes) is 22.